The Morgan fingerprint density at radius 2 is 1.79 bits per heavy atom. The van der Waals surface area contributed by atoms with E-state index in [0.717, 1.165) is 11.1 Å². The van der Waals surface area contributed by atoms with Gasteiger partial charge in [-0.05, 0) is 103 Å². The molecule has 0 aliphatic carbocycles. The van der Waals surface area contributed by atoms with Crippen LogP contribution in [0.2, 0.25) is 0 Å². The number of nitrogens with zero attached hydrogens (tertiary/aromatic N) is 3. The number of hydrogen-bond donors (Lipinski definition) is 2. The molecule has 10 heteroatoms. The van der Waals surface area contributed by atoms with Crippen molar-refractivity contribution in [1.29, 1.82) is 0 Å². The minimum Gasteiger partial charge on any atom is -0.493 e. The van der Waals surface area contributed by atoms with Crippen LogP contribution < -0.4 is 24.8 Å². The van der Waals surface area contributed by atoms with E-state index in [1.54, 1.807) is 11.8 Å². The van der Waals surface area contributed by atoms with E-state index in [4.69, 9.17) is 14.2 Å². The Morgan fingerprint density at radius 1 is 1.02 bits per heavy atom. The normalized spacial score (nSPS) is 14.2. The van der Waals surface area contributed by atoms with Gasteiger partial charge in [-0.3, -0.25) is 4.79 Å². The molecule has 0 saturated carbocycles. The van der Waals surface area contributed by atoms with Gasteiger partial charge in [-0.25, -0.2) is 4.68 Å². The summed E-state index contributed by atoms with van der Waals surface area (Å²) in [4.78, 5) is 18.3. The van der Waals surface area contributed by atoms with Gasteiger partial charge in [-0.1, -0.05) is 24.3 Å². The molecule has 42 heavy (non-hydrogen) atoms. The molecule has 2 N–H and O–H groups in total. The smallest absolute Gasteiger partial charge is 0.255 e. The van der Waals surface area contributed by atoms with Gasteiger partial charge in [-0.15, -0.1) is 0 Å². The first kappa shape index (κ1) is 29.2. The summed E-state index contributed by atoms with van der Waals surface area (Å²) in [7, 11) is 1.60. The van der Waals surface area contributed by atoms with E-state index in [9.17, 15) is 4.79 Å². The van der Waals surface area contributed by atoms with Crippen molar-refractivity contribution in [2.75, 3.05) is 24.4 Å². The minimum absolute atomic E-state index is 0.293. The molecule has 9 nitrogen and oxygen atoms in total. The molecule has 3 aromatic carbocycles. The number of nitrogens with one attached hydrogen (secondary N) is 2. The first-order valence-electron chi connectivity index (χ1n) is 13.7. The fourth-order valence-corrected chi connectivity index (χ4v) is 5.67. The van der Waals surface area contributed by atoms with E-state index in [1.807, 2.05) is 50.2 Å². The minimum atomic E-state index is -0.593. The Labute approximate surface area is 254 Å². The van der Waals surface area contributed by atoms with Crippen molar-refractivity contribution in [3.63, 3.8) is 0 Å². The van der Waals surface area contributed by atoms with Gasteiger partial charge < -0.3 is 24.8 Å². The van der Waals surface area contributed by atoms with Gasteiger partial charge in [0.25, 0.3) is 5.91 Å². The molecular formula is C32H34BrN5O4. The summed E-state index contributed by atoms with van der Waals surface area (Å²) >= 11 is 3.71. The topological polar surface area (TPSA) is 99.5 Å². The number of carbonyl (C=O) groups is 1. The lowest BCUT2D eigenvalue weighted by molar-refractivity contribution is -0.113. The maximum Gasteiger partial charge on any atom is 0.255 e. The highest BCUT2D eigenvalue weighted by Crippen LogP contribution is 2.43. The zero-order valence-corrected chi connectivity index (χ0v) is 26.1. The average molecular weight is 633 g/mol. The van der Waals surface area contributed by atoms with Gasteiger partial charge in [0.1, 0.15) is 24.7 Å². The van der Waals surface area contributed by atoms with E-state index in [2.05, 4.69) is 69.6 Å². The lowest BCUT2D eigenvalue weighted by Crippen LogP contribution is -2.31. The molecule has 1 aliphatic heterocycles. The summed E-state index contributed by atoms with van der Waals surface area (Å²) in [5, 5.41) is 10.7. The lowest BCUT2D eigenvalue weighted by atomic mass is 9.94. The molecule has 0 bridgehead atoms. The maximum absolute atomic E-state index is 13.9. The fraction of sp³-hybridized carbons (Fsp3) is 0.281. The standard InChI is InChI=1S/C32H34BrN5O4/c1-7-41-26-11-9-8-10-25(26)37-31(39)28-21(5)36-32-34-17-35-38(32)29(28)22-14-24(33)30(27(15-22)40-6)42-16-23-13-19(3)18(2)12-20(23)4/h8-15,17,29H,7,16H2,1-6H3,(H,37,39)(H,34,35,36). The summed E-state index contributed by atoms with van der Waals surface area (Å²) in [6.07, 6.45) is 1.46. The number of amides is 1. The predicted octanol–water partition coefficient (Wildman–Crippen LogP) is 6.88. The van der Waals surface area contributed by atoms with Crippen LogP contribution in [-0.2, 0) is 11.4 Å². The number of anilines is 2. The molecule has 0 radical (unpaired) electrons. The van der Waals surface area contributed by atoms with Crippen LogP contribution >= 0.6 is 15.9 Å². The molecule has 0 saturated heterocycles. The number of aryl methyl sites for hydroxylation is 3. The number of methoxy groups -OCH3 is 1. The molecule has 2 heterocycles. The molecule has 218 valence electrons. The van der Waals surface area contributed by atoms with Crippen LogP contribution in [0.1, 0.15) is 47.7 Å². The number of benzene rings is 3. The SMILES string of the molecule is CCOc1ccccc1NC(=O)C1=C(C)Nc2ncnn2C1c1cc(Br)c(OCc2cc(C)c(C)cc2C)c(OC)c1. The van der Waals surface area contributed by atoms with E-state index < -0.39 is 6.04 Å². The molecule has 1 atom stereocenters. The van der Waals surface area contributed by atoms with Crippen molar-refractivity contribution in [3.8, 4) is 17.2 Å². The number of rotatable bonds is 9. The Hall–Kier alpha value is -4.31. The Balaban J connectivity index is 1.51. The number of aromatic nitrogens is 3. The number of halogens is 1. The van der Waals surface area contributed by atoms with Crippen molar-refractivity contribution in [1.82, 2.24) is 14.8 Å². The quantitative estimate of drug-likeness (QED) is 0.208. The Morgan fingerprint density at radius 3 is 2.55 bits per heavy atom. The van der Waals surface area contributed by atoms with Crippen LogP contribution in [0.3, 0.4) is 0 Å². The highest BCUT2D eigenvalue weighted by atomic mass is 79.9. The van der Waals surface area contributed by atoms with Gasteiger partial charge in [0.15, 0.2) is 11.5 Å². The highest BCUT2D eigenvalue weighted by Gasteiger charge is 2.35. The van der Waals surface area contributed by atoms with Crippen LogP contribution in [0.5, 0.6) is 17.2 Å². The number of hydrogen-bond acceptors (Lipinski definition) is 7. The van der Waals surface area contributed by atoms with Gasteiger partial charge in [0.05, 0.1) is 29.4 Å². The van der Waals surface area contributed by atoms with Crippen molar-refractivity contribution in [3.05, 3.63) is 98.4 Å². The first-order valence-corrected chi connectivity index (χ1v) is 14.5. The molecule has 0 fully saturated rings. The monoisotopic (exact) mass is 631 g/mol. The largest absolute Gasteiger partial charge is 0.493 e. The second-order valence-corrected chi connectivity index (χ2v) is 11.0. The lowest BCUT2D eigenvalue weighted by Gasteiger charge is -2.29. The van der Waals surface area contributed by atoms with Crippen LogP contribution in [0.15, 0.2) is 70.6 Å². The molecule has 4 aromatic rings. The third-order valence-electron chi connectivity index (χ3n) is 7.37. The van der Waals surface area contributed by atoms with Gasteiger partial charge in [0, 0.05) is 5.70 Å². The molecule has 1 unspecified atom stereocenters. The molecule has 1 amide bonds. The van der Waals surface area contributed by atoms with Crippen LogP contribution in [-0.4, -0.2) is 34.4 Å². The van der Waals surface area contributed by atoms with Crippen molar-refractivity contribution < 1.29 is 19.0 Å². The predicted molar refractivity (Wildman–Crippen MR) is 166 cm³/mol. The zero-order chi connectivity index (χ0) is 30.0. The van der Waals surface area contributed by atoms with Crippen LogP contribution in [0, 0.1) is 20.8 Å². The summed E-state index contributed by atoms with van der Waals surface area (Å²) in [6.45, 7) is 10.9. The Kier molecular flexibility index (Phi) is 8.54. The second-order valence-electron chi connectivity index (χ2n) is 10.2. The summed E-state index contributed by atoms with van der Waals surface area (Å²) in [5.74, 6) is 1.94. The van der Waals surface area contributed by atoms with Crippen molar-refractivity contribution >= 4 is 33.5 Å². The average Bonchev–Trinajstić information content (AvgIpc) is 3.43. The first-order chi connectivity index (χ1) is 20.2. The third-order valence-corrected chi connectivity index (χ3v) is 7.95. The summed E-state index contributed by atoms with van der Waals surface area (Å²) in [5.41, 5.74) is 7.22. The zero-order valence-electron chi connectivity index (χ0n) is 24.5. The number of carbonyl (C=O) groups excluding carboxylic acids is 1. The fourth-order valence-electron chi connectivity index (χ4n) is 5.10. The van der Waals surface area contributed by atoms with Crippen LogP contribution in [0.25, 0.3) is 0 Å². The van der Waals surface area contributed by atoms with E-state index in [0.29, 0.717) is 57.8 Å². The van der Waals surface area contributed by atoms with E-state index in [1.165, 1.54) is 23.0 Å². The van der Waals surface area contributed by atoms with E-state index in [-0.39, 0.29) is 5.91 Å². The van der Waals surface area contributed by atoms with E-state index >= 15 is 0 Å². The molecular weight excluding hydrogens is 598 g/mol. The Bertz CT molecular complexity index is 1680. The summed E-state index contributed by atoms with van der Waals surface area (Å²) < 4.78 is 20.2. The number of fused-ring (bicyclic) bond motifs is 1. The van der Waals surface area contributed by atoms with Crippen LogP contribution in [0.4, 0.5) is 11.6 Å². The molecule has 0 spiro atoms. The second kappa shape index (κ2) is 12.3. The highest BCUT2D eigenvalue weighted by molar-refractivity contribution is 9.10. The van der Waals surface area contributed by atoms with Gasteiger partial charge in [-0.2, -0.15) is 10.1 Å². The van der Waals surface area contributed by atoms with Crippen molar-refractivity contribution in [2.45, 2.75) is 47.3 Å². The van der Waals surface area contributed by atoms with Gasteiger partial charge in [0.2, 0.25) is 5.95 Å². The third kappa shape index (κ3) is 5.72. The number of allylic oxidation sites excluding steroid dienone is 1. The van der Waals surface area contributed by atoms with Gasteiger partial charge >= 0.3 is 0 Å². The number of para-hydroxylation sites is 2. The maximum atomic E-state index is 13.9. The molecule has 1 aliphatic rings. The number of ether oxygens (including phenoxy) is 3. The summed E-state index contributed by atoms with van der Waals surface area (Å²) in [6, 6.07) is 14.9. The molecule has 5 rings (SSSR count). The molecule has 1 aromatic heterocycles. The van der Waals surface area contributed by atoms with Crippen molar-refractivity contribution in [2.24, 2.45) is 0 Å².